The van der Waals surface area contributed by atoms with Gasteiger partial charge in [-0.2, -0.15) is 4.98 Å². The van der Waals surface area contributed by atoms with E-state index in [1.165, 1.54) is 0 Å². The average Bonchev–Trinajstić information content (AvgIpc) is 2.67. The van der Waals surface area contributed by atoms with E-state index in [2.05, 4.69) is 75.7 Å². The van der Waals surface area contributed by atoms with Crippen molar-refractivity contribution in [2.75, 3.05) is 36.2 Å². The van der Waals surface area contributed by atoms with Gasteiger partial charge in [-0.15, -0.1) is 0 Å². The van der Waals surface area contributed by atoms with E-state index >= 15 is 0 Å². The van der Waals surface area contributed by atoms with Gasteiger partial charge in [0.1, 0.15) is 5.82 Å². The van der Waals surface area contributed by atoms with Gasteiger partial charge in [0, 0.05) is 43.6 Å². The highest BCUT2D eigenvalue weighted by atomic mass is 15.1. The van der Waals surface area contributed by atoms with E-state index in [1.54, 1.807) is 0 Å². The van der Waals surface area contributed by atoms with Crippen LogP contribution in [0.4, 0.5) is 23.1 Å². The average molecular weight is 361 g/mol. The highest BCUT2D eigenvalue weighted by Crippen LogP contribution is 2.24. The maximum absolute atomic E-state index is 4.69. The van der Waals surface area contributed by atoms with E-state index < -0.39 is 0 Å². The minimum Gasteiger partial charge on any atom is -0.378 e. The molecule has 2 aromatic carbocycles. The summed E-state index contributed by atoms with van der Waals surface area (Å²) >= 11 is 0. The lowest BCUT2D eigenvalue weighted by Gasteiger charge is -2.14. The second-order valence-corrected chi connectivity index (χ2v) is 7.17. The molecule has 27 heavy (non-hydrogen) atoms. The Morgan fingerprint density at radius 3 is 2.26 bits per heavy atom. The number of benzene rings is 2. The second kappa shape index (κ2) is 8.54. The molecule has 0 spiro atoms. The molecule has 0 aliphatic carbocycles. The third kappa shape index (κ3) is 5.20. The molecule has 1 aromatic heterocycles. The molecule has 0 atom stereocenters. The number of hydrogen-bond acceptors (Lipinski definition) is 5. The molecule has 0 saturated carbocycles. The summed E-state index contributed by atoms with van der Waals surface area (Å²) < 4.78 is 0. The van der Waals surface area contributed by atoms with Gasteiger partial charge in [-0.25, -0.2) is 4.98 Å². The molecule has 3 aromatic rings. The van der Waals surface area contributed by atoms with Gasteiger partial charge in [0.2, 0.25) is 5.95 Å². The van der Waals surface area contributed by atoms with Crippen molar-refractivity contribution >= 4 is 23.1 Å². The fraction of sp³-hybridized carbons (Fsp3) is 0.273. The van der Waals surface area contributed by atoms with Crippen LogP contribution in [0.5, 0.6) is 0 Å². The summed E-state index contributed by atoms with van der Waals surface area (Å²) in [6.45, 7) is 5.16. The monoisotopic (exact) mass is 361 g/mol. The van der Waals surface area contributed by atoms with Gasteiger partial charge >= 0.3 is 0 Å². The lowest BCUT2D eigenvalue weighted by atomic mass is 10.1. The zero-order chi connectivity index (χ0) is 19.2. The molecular formula is C22H27N5. The van der Waals surface area contributed by atoms with Crippen molar-refractivity contribution in [3.05, 3.63) is 60.7 Å². The minimum absolute atomic E-state index is 0.518. The van der Waals surface area contributed by atoms with Gasteiger partial charge in [-0.3, -0.25) is 0 Å². The van der Waals surface area contributed by atoms with Crippen LogP contribution in [0.25, 0.3) is 11.3 Å². The third-order valence-electron chi connectivity index (χ3n) is 4.12. The molecule has 0 bridgehead atoms. The summed E-state index contributed by atoms with van der Waals surface area (Å²) in [7, 11) is 4.07. The van der Waals surface area contributed by atoms with E-state index in [9.17, 15) is 0 Å². The Labute approximate surface area is 161 Å². The summed E-state index contributed by atoms with van der Waals surface area (Å²) in [5.74, 6) is 1.93. The zero-order valence-electron chi connectivity index (χ0n) is 16.4. The first-order valence-electron chi connectivity index (χ1n) is 9.24. The van der Waals surface area contributed by atoms with Crippen molar-refractivity contribution < 1.29 is 0 Å². The molecule has 0 aliphatic heterocycles. The first-order chi connectivity index (χ1) is 13.0. The summed E-state index contributed by atoms with van der Waals surface area (Å²) in [6, 6.07) is 20.4. The van der Waals surface area contributed by atoms with Crippen molar-refractivity contribution in [3.8, 4) is 11.3 Å². The predicted octanol–water partition coefficient (Wildman–Crippen LogP) is 5.02. The van der Waals surface area contributed by atoms with E-state index in [1.807, 2.05) is 38.4 Å². The molecular weight excluding hydrogens is 334 g/mol. The lowest BCUT2D eigenvalue weighted by Crippen LogP contribution is -2.11. The van der Waals surface area contributed by atoms with Crippen LogP contribution in [-0.2, 0) is 0 Å². The van der Waals surface area contributed by atoms with Crippen LogP contribution in [0.2, 0.25) is 0 Å². The SMILES string of the molecule is CC(C)CNc1nc(Nc2ccc(N(C)C)cc2)cc(-c2ccccc2)n1. The first kappa shape index (κ1) is 18.7. The Hall–Kier alpha value is -3.08. The molecule has 2 N–H and O–H groups in total. The summed E-state index contributed by atoms with van der Waals surface area (Å²) in [5.41, 5.74) is 4.11. The number of hydrogen-bond donors (Lipinski definition) is 2. The molecule has 0 aliphatic rings. The fourth-order valence-electron chi connectivity index (χ4n) is 2.63. The standard InChI is InChI=1S/C22H27N5/c1-16(2)15-23-22-25-20(17-8-6-5-7-9-17)14-21(26-22)24-18-10-12-19(13-11-18)27(3)4/h5-14,16H,15H2,1-4H3,(H2,23,24,25,26). The molecule has 3 rings (SSSR count). The van der Waals surface area contributed by atoms with Gasteiger partial charge in [0.05, 0.1) is 5.69 Å². The van der Waals surface area contributed by atoms with Crippen molar-refractivity contribution in [2.24, 2.45) is 5.92 Å². The van der Waals surface area contributed by atoms with Crippen molar-refractivity contribution in [2.45, 2.75) is 13.8 Å². The molecule has 5 nitrogen and oxygen atoms in total. The Bertz CT molecular complexity index is 858. The van der Waals surface area contributed by atoms with Crippen LogP contribution in [-0.4, -0.2) is 30.6 Å². The van der Waals surface area contributed by atoms with E-state index in [0.29, 0.717) is 11.9 Å². The van der Waals surface area contributed by atoms with Gasteiger partial charge in [-0.1, -0.05) is 44.2 Å². The van der Waals surface area contributed by atoms with Crippen LogP contribution in [0.3, 0.4) is 0 Å². The highest BCUT2D eigenvalue weighted by molar-refractivity contribution is 5.68. The quantitative estimate of drug-likeness (QED) is 0.619. The highest BCUT2D eigenvalue weighted by Gasteiger charge is 2.08. The topological polar surface area (TPSA) is 53.1 Å². The molecule has 0 fully saturated rings. The number of aromatic nitrogens is 2. The van der Waals surface area contributed by atoms with Crippen LogP contribution < -0.4 is 15.5 Å². The first-order valence-corrected chi connectivity index (χ1v) is 9.24. The van der Waals surface area contributed by atoms with Gasteiger partial charge in [-0.05, 0) is 30.2 Å². The summed E-state index contributed by atoms with van der Waals surface area (Å²) in [4.78, 5) is 11.4. The van der Waals surface area contributed by atoms with Crippen LogP contribution in [0, 0.1) is 5.92 Å². The predicted molar refractivity (Wildman–Crippen MR) is 115 cm³/mol. The van der Waals surface area contributed by atoms with Crippen molar-refractivity contribution in [1.29, 1.82) is 0 Å². The maximum atomic E-state index is 4.69. The zero-order valence-corrected chi connectivity index (χ0v) is 16.4. The van der Waals surface area contributed by atoms with Crippen molar-refractivity contribution in [3.63, 3.8) is 0 Å². The smallest absolute Gasteiger partial charge is 0.225 e. The van der Waals surface area contributed by atoms with Crippen LogP contribution >= 0.6 is 0 Å². The van der Waals surface area contributed by atoms with Gasteiger partial charge in [0.15, 0.2) is 0 Å². The van der Waals surface area contributed by atoms with E-state index in [4.69, 9.17) is 0 Å². The van der Waals surface area contributed by atoms with E-state index in [-0.39, 0.29) is 0 Å². The molecule has 0 saturated heterocycles. The van der Waals surface area contributed by atoms with Gasteiger partial charge < -0.3 is 15.5 Å². The third-order valence-corrected chi connectivity index (χ3v) is 4.12. The normalized spacial score (nSPS) is 10.7. The lowest BCUT2D eigenvalue weighted by molar-refractivity contribution is 0.685. The Morgan fingerprint density at radius 1 is 0.926 bits per heavy atom. The molecule has 0 amide bonds. The van der Waals surface area contributed by atoms with Crippen LogP contribution in [0.1, 0.15) is 13.8 Å². The molecule has 1 heterocycles. The largest absolute Gasteiger partial charge is 0.378 e. The number of nitrogens with one attached hydrogen (secondary N) is 2. The summed E-state index contributed by atoms with van der Waals surface area (Å²) in [5, 5.41) is 6.73. The molecule has 0 radical (unpaired) electrons. The maximum Gasteiger partial charge on any atom is 0.225 e. The number of nitrogens with zero attached hydrogens (tertiary/aromatic N) is 3. The second-order valence-electron chi connectivity index (χ2n) is 7.17. The molecule has 0 unspecified atom stereocenters. The number of rotatable bonds is 7. The van der Waals surface area contributed by atoms with Gasteiger partial charge in [0.25, 0.3) is 0 Å². The Balaban J connectivity index is 1.89. The Kier molecular flexibility index (Phi) is 5.91. The molecule has 5 heteroatoms. The van der Waals surface area contributed by atoms with Crippen molar-refractivity contribution in [1.82, 2.24) is 9.97 Å². The van der Waals surface area contributed by atoms with Crippen LogP contribution in [0.15, 0.2) is 60.7 Å². The molecule has 140 valence electrons. The van der Waals surface area contributed by atoms with E-state index in [0.717, 1.165) is 35.0 Å². The fourth-order valence-corrected chi connectivity index (χ4v) is 2.63. The Morgan fingerprint density at radius 2 is 1.63 bits per heavy atom. The summed E-state index contributed by atoms with van der Waals surface area (Å²) in [6.07, 6.45) is 0. The number of anilines is 4. The minimum atomic E-state index is 0.518.